The van der Waals surface area contributed by atoms with E-state index < -0.39 is 5.97 Å². The maximum absolute atomic E-state index is 11.1. The number of anilines is 2. The number of benzene rings is 1. The molecule has 3 heterocycles. The first-order valence-corrected chi connectivity index (χ1v) is 11.2. The normalized spacial score (nSPS) is 21.0. The fourth-order valence-electron chi connectivity index (χ4n) is 4.39. The van der Waals surface area contributed by atoms with Crippen LogP contribution in [0.15, 0.2) is 36.9 Å². The van der Waals surface area contributed by atoms with Gasteiger partial charge in [-0.2, -0.15) is 0 Å². The van der Waals surface area contributed by atoms with Gasteiger partial charge in [-0.3, -0.25) is 4.98 Å². The van der Waals surface area contributed by atoms with E-state index in [0.29, 0.717) is 19.0 Å². The summed E-state index contributed by atoms with van der Waals surface area (Å²) in [6.07, 6.45) is 8.28. The molecule has 172 valence electrons. The van der Waals surface area contributed by atoms with Crippen molar-refractivity contribution in [2.45, 2.75) is 37.8 Å². The summed E-state index contributed by atoms with van der Waals surface area (Å²) < 4.78 is 11.9. The Balaban J connectivity index is 1.26. The SMILES string of the molecule is O=C(O)c1cc(NC2CCC(Oc3cc(N4CCOCC4)cc4nccnc34)CC2)ncn1. The van der Waals surface area contributed by atoms with Crippen molar-refractivity contribution in [2.75, 3.05) is 36.5 Å². The highest BCUT2D eigenvalue weighted by Crippen LogP contribution is 2.33. The summed E-state index contributed by atoms with van der Waals surface area (Å²) in [5.41, 5.74) is 2.66. The summed E-state index contributed by atoms with van der Waals surface area (Å²) in [6.45, 7) is 3.11. The molecule has 10 nitrogen and oxygen atoms in total. The minimum Gasteiger partial charge on any atom is -0.488 e. The molecule has 1 aromatic carbocycles. The molecule has 0 atom stereocenters. The number of aromatic nitrogens is 4. The standard InChI is InChI=1S/C23H26N6O4/c30-23(31)19-13-21(27-14-26-19)28-15-1-3-17(4-2-15)33-20-12-16(29-7-9-32-10-8-29)11-18-22(20)25-6-5-24-18/h5-6,11-15,17H,1-4,7-10H2,(H,30,31)(H,26,27,28). The van der Waals surface area contributed by atoms with Gasteiger partial charge in [0, 0.05) is 49.3 Å². The summed E-state index contributed by atoms with van der Waals surface area (Å²) in [4.78, 5) is 30.4. The molecule has 1 aliphatic heterocycles. The molecule has 5 rings (SSSR count). The lowest BCUT2D eigenvalue weighted by Gasteiger charge is -2.31. The van der Waals surface area contributed by atoms with Crippen molar-refractivity contribution in [3.8, 4) is 5.75 Å². The number of hydrogen-bond acceptors (Lipinski definition) is 9. The van der Waals surface area contributed by atoms with Crippen LogP contribution in [0.5, 0.6) is 5.75 Å². The molecule has 0 spiro atoms. The Labute approximate surface area is 191 Å². The zero-order valence-corrected chi connectivity index (χ0v) is 18.2. The first-order chi connectivity index (χ1) is 16.2. The summed E-state index contributed by atoms with van der Waals surface area (Å²) in [5.74, 6) is 0.235. The van der Waals surface area contributed by atoms with E-state index in [1.165, 1.54) is 12.4 Å². The summed E-state index contributed by atoms with van der Waals surface area (Å²) in [7, 11) is 0. The van der Waals surface area contributed by atoms with Crippen molar-refractivity contribution in [3.05, 3.63) is 42.6 Å². The van der Waals surface area contributed by atoms with Crippen molar-refractivity contribution in [1.29, 1.82) is 0 Å². The van der Waals surface area contributed by atoms with Crippen LogP contribution < -0.4 is 15.0 Å². The predicted molar refractivity (Wildman–Crippen MR) is 122 cm³/mol. The van der Waals surface area contributed by atoms with E-state index in [9.17, 15) is 4.79 Å². The first-order valence-electron chi connectivity index (χ1n) is 11.2. The molecule has 0 bridgehead atoms. The van der Waals surface area contributed by atoms with Crippen LogP contribution >= 0.6 is 0 Å². The first kappa shape index (κ1) is 21.3. The van der Waals surface area contributed by atoms with Crippen LogP contribution in [-0.2, 0) is 4.74 Å². The van der Waals surface area contributed by atoms with Gasteiger partial charge in [-0.1, -0.05) is 0 Å². The van der Waals surface area contributed by atoms with E-state index in [2.05, 4.69) is 42.3 Å². The molecule has 0 radical (unpaired) electrons. The van der Waals surface area contributed by atoms with E-state index in [1.54, 1.807) is 12.4 Å². The molecule has 1 saturated carbocycles. The lowest BCUT2D eigenvalue weighted by Crippen LogP contribution is -2.36. The molecule has 2 aromatic heterocycles. The molecule has 1 saturated heterocycles. The average molecular weight is 450 g/mol. The van der Waals surface area contributed by atoms with Gasteiger partial charge in [0.25, 0.3) is 0 Å². The number of nitrogens with zero attached hydrogens (tertiary/aromatic N) is 5. The van der Waals surface area contributed by atoms with Crippen LogP contribution in [0.1, 0.15) is 36.2 Å². The van der Waals surface area contributed by atoms with Crippen molar-refractivity contribution in [1.82, 2.24) is 19.9 Å². The second-order valence-electron chi connectivity index (χ2n) is 8.30. The van der Waals surface area contributed by atoms with Crippen molar-refractivity contribution < 1.29 is 19.4 Å². The molecule has 2 N–H and O–H groups in total. The molecule has 33 heavy (non-hydrogen) atoms. The number of nitrogens with one attached hydrogen (secondary N) is 1. The summed E-state index contributed by atoms with van der Waals surface area (Å²) in [5, 5.41) is 12.4. The number of carbonyl (C=O) groups is 1. The number of morpholine rings is 1. The number of hydrogen-bond donors (Lipinski definition) is 2. The average Bonchev–Trinajstić information content (AvgIpc) is 2.86. The highest BCUT2D eigenvalue weighted by atomic mass is 16.5. The van der Waals surface area contributed by atoms with Crippen LogP contribution in [0.3, 0.4) is 0 Å². The number of carboxylic acid groups (broad SMARTS) is 1. The van der Waals surface area contributed by atoms with E-state index in [1.807, 2.05) is 0 Å². The van der Waals surface area contributed by atoms with E-state index in [4.69, 9.17) is 14.6 Å². The van der Waals surface area contributed by atoms with Gasteiger partial charge in [0.15, 0.2) is 5.69 Å². The van der Waals surface area contributed by atoms with E-state index in [0.717, 1.165) is 61.2 Å². The Morgan fingerprint density at radius 1 is 1.03 bits per heavy atom. The van der Waals surface area contributed by atoms with Crippen LogP contribution in [0, 0.1) is 0 Å². The van der Waals surface area contributed by atoms with Gasteiger partial charge in [-0.05, 0) is 31.7 Å². The topological polar surface area (TPSA) is 123 Å². The number of carboxylic acids is 1. The highest BCUT2D eigenvalue weighted by molar-refractivity contribution is 5.86. The van der Waals surface area contributed by atoms with Gasteiger partial charge in [-0.25, -0.2) is 19.7 Å². The fraction of sp³-hybridized carbons (Fsp3) is 0.435. The second kappa shape index (κ2) is 9.53. The molecule has 3 aromatic rings. The third-order valence-electron chi connectivity index (χ3n) is 6.11. The zero-order valence-electron chi connectivity index (χ0n) is 18.2. The number of aromatic carboxylic acids is 1. The Kier molecular flexibility index (Phi) is 6.16. The van der Waals surface area contributed by atoms with Gasteiger partial charge < -0.3 is 24.8 Å². The maximum atomic E-state index is 11.1. The number of ether oxygens (including phenoxy) is 2. The zero-order chi connectivity index (χ0) is 22.6. The Hall–Kier alpha value is -3.53. The van der Waals surface area contributed by atoms with Crippen LogP contribution in [0.4, 0.5) is 11.5 Å². The molecular weight excluding hydrogens is 424 g/mol. The molecule has 0 unspecified atom stereocenters. The smallest absolute Gasteiger partial charge is 0.354 e. The monoisotopic (exact) mass is 450 g/mol. The Bertz CT molecular complexity index is 1130. The molecule has 1 aliphatic carbocycles. The lowest BCUT2D eigenvalue weighted by molar-refractivity contribution is 0.0690. The van der Waals surface area contributed by atoms with Crippen molar-refractivity contribution in [2.24, 2.45) is 0 Å². The van der Waals surface area contributed by atoms with Gasteiger partial charge in [0.05, 0.1) is 24.8 Å². The third kappa shape index (κ3) is 4.95. The van der Waals surface area contributed by atoms with Gasteiger partial charge in [0.2, 0.25) is 0 Å². The Morgan fingerprint density at radius 3 is 2.61 bits per heavy atom. The lowest BCUT2D eigenvalue weighted by atomic mass is 9.93. The van der Waals surface area contributed by atoms with Gasteiger partial charge in [0.1, 0.15) is 23.4 Å². The molecule has 0 amide bonds. The van der Waals surface area contributed by atoms with Gasteiger partial charge in [-0.15, -0.1) is 0 Å². The summed E-state index contributed by atoms with van der Waals surface area (Å²) >= 11 is 0. The van der Waals surface area contributed by atoms with E-state index >= 15 is 0 Å². The van der Waals surface area contributed by atoms with Crippen LogP contribution in [0.25, 0.3) is 11.0 Å². The van der Waals surface area contributed by atoms with Crippen molar-refractivity contribution >= 4 is 28.5 Å². The van der Waals surface area contributed by atoms with Crippen LogP contribution in [0.2, 0.25) is 0 Å². The van der Waals surface area contributed by atoms with E-state index in [-0.39, 0.29) is 17.8 Å². The maximum Gasteiger partial charge on any atom is 0.354 e. The number of fused-ring (bicyclic) bond motifs is 1. The third-order valence-corrected chi connectivity index (χ3v) is 6.11. The molecular formula is C23H26N6O4. The highest BCUT2D eigenvalue weighted by Gasteiger charge is 2.24. The largest absolute Gasteiger partial charge is 0.488 e. The van der Waals surface area contributed by atoms with Crippen molar-refractivity contribution in [3.63, 3.8) is 0 Å². The quantitative estimate of drug-likeness (QED) is 0.579. The molecule has 2 aliphatic rings. The fourth-order valence-corrected chi connectivity index (χ4v) is 4.39. The molecule has 10 heteroatoms. The summed E-state index contributed by atoms with van der Waals surface area (Å²) in [6, 6.07) is 5.81. The minimum atomic E-state index is -1.06. The minimum absolute atomic E-state index is 0.0161. The van der Waals surface area contributed by atoms with Crippen LogP contribution in [-0.4, -0.2) is 69.5 Å². The Morgan fingerprint density at radius 2 is 1.82 bits per heavy atom. The molecule has 2 fully saturated rings. The number of rotatable bonds is 6. The second-order valence-corrected chi connectivity index (χ2v) is 8.30. The predicted octanol–water partition coefficient (Wildman–Crippen LogP) is 2.76. The van der Waals surface area contributed by atoms with Gasteiger partial charge >= 0.3 is 5.97 Å².